The first-order chi connectivity index (χ1) is 8.05. The molecule has 0 heterocycles. The van der Waals surface area contributed by atoms with Crippen molar-refractivity contribution in [3.8, 4) is 0 Å². The summed E-state index contributed by atoms with van der Waals surface area (Å²) in [4.78, 5) is 11.1. The van der Waals surface area contributed by atoms with Crippen LogP contribution in [-0.4, -0.2) is 13.2 Å². The summed E-state index contributed by atoms with van der Waals surface area (Å²) in [7, 11) is 1.52. The molecular weight excluding hydrogens is 333 g/mol. The molecule has 0 radical (unpaired) electrons. The van der Waals surface area contributed by atoms with Crippen molar-refractivity contribution in [2.24, 2.45) is 5.73 Å². The van der Waals surface area contributed by atoms with Gasteiger partial charge in [-0.15, -0.1) is 0 Å². The first-order valence-corrected chi connectivity index (χ1v) is 6.42. The number of nitrogens with two attached hydrogens (primary N) is 1. The molecule has 1 amide bonds. The topological polar surface area (TPSA) is 61.6 Å². The summed E-state index contributed by atoms with van der Waals surface area (Å²) in [5.41, 5.74) is 5.95. The summed E-state index contributed by atoms with van der Waals surface area (Å²) in [6, 6.07) is 7.61. The number of primary amides is 1. The van der Waals surface area contributed by atoms with Crippen molar-refractivity contribution in [2.75, 3.05) is 7.11 Å². The highest BCUT2D eigenvalue weighted by atomic mass is 127. The van der Waals surface area contributed by atoms with Crippen molar-refractivity contribution >= 4 is 28.7 Å². The Morgan fingerprint density at radius 2 is 2.12 bits per heavy atom. The predicted octanol–water partition coefficient (Wildman–Crippen LogP) is 2.99. The van der Waals surface area contributed by atoms with Gasteiger partial charge in [0.05, 0.1) is 0 Å². The van der Waals surface area contributed by atoms with Crippen molar-refractivity contribution in [1.82, 2.24) is 0 Å². The number of hydrogen-bond donors (Lipinski definition) is 1. The summed E-state index contributed by atoms with van der Waals surface area (Å²) >= 11 is 2.18. The third kappa shape index (κ3) is 3.32. The summed E-state index contributed by atoms with van der Waals surface area (Å²) < 4.78 is 11.6. The standard InChI is InChI=1S/C12H16INO3/c1-3-8-12(16-2,17-11(14)15)9-6-4-5-7-10(9)13/h4-7H,3,8H2,1-2H3,(H2,14,15)/t12-/m1/s1. The largest absolute Gasteiger partial charge is 0.413 e. The van der Waals surface area contributed by atoms with Crippen LogP contribution in [0, 0.1) is 3.57 Å². The Kier molecular flexibility index (Phi) is 5.20. The van der Waals surface area contributed by atoms with E-state index in [0.29, 0.717) is 6.42 Å². The lowest BCUT2D eigenvalue weighted by Gasteiger charge is -2.32. The molecule has 0 aliphatic carbocycles. The lowest BCUT2D eigenvalue weighted by molar-refractivity contribution is -0.197. The molecule has 2 N–H and O–H groups in total. The lowest BCUT2D eigenvalue weighted by Crippen LogP contribution is -2.37. The first-order valence-electron chi connectivity index (χ1n) is 5.34. The van der Waals surface area contributed by atoms with Crippen molar-refractivity contribution in [2.45, 2.75) is 25.6 Å². The molecule has 0 unspecified atom stereocenters. The van der Waals surface area contributed by atoms with Gasteiger partial charge in [0.1, 0.15) is 0 Å². The number of methoxy groups -OCH3 is 1. The second-order valence-corrected chi connectivity index (χ2v) is 4.77. The van der Waals surface area contributed by atoms with E-state index in [0.717, 1.165) is 15.6 Å². The number of benzene rings is 1. The molecule has 0 spiro atoms. The Balaban J connectivity index is 3.21. The summed E-state index contributed by atoms with van der Waals surface area (Å²) in [5.74, 6) is -1.08. The van der Waals surface area contributed by atoms with Gasteiger partial charge in [-0.05, 0) is 35.1 Å². The van der Waals surface area contributed by atoms with Crippen LogP contribution >= 0.6 is 22.6 Å². The molecular formula is C12H16INO3. The highest BCUT2D eigenvalue weighted by Gasteiger charge is 2.36. The number of hydrogen-bond acceptors (Lipinski definition) is 3. The molecule has 1 aromatic rings. The zero-order valence-electron chi connectivity index (χ0n) is 9.90. The zero-order chi connectivity index (χ0) is 12.9. The second-order valence-electron chi connectivity index (χ2n) is 3.61. The fraction of sp³-hybridized carbons (Fsp3) is 0.417. The van der Waals surface area contributed by atoms with Crippen molar-refractivity contribution in [3.05, 3.63) is 33.4 Å². The number of halogens is 1. The van der Waals surface area contributed by atoms with Crippen molar-refractivity contribution < 1.29 is 14.3 Å². The highest BCUT2D eigenvalue weighted by Crippen LogP contribution is 2.34. The fourth-order valence-corrected chi connectivity index (χ4v) is 2.55. The predicted molar refractivity (Wildman–Crippen MR) is 73.4 cm³/mol. The van der Waals surface area contributed by atoms with E-state index in [1.165, 1.54) is 7.11 Å². The average Bonchev–Trinajstić information content (AvgIpc) is 2.28. The van der Waals surface area contributed by atoms with Crippen LogP contribution < -0.4 is 5.73 Å². The smallest absolute Gasteiger partial charge is 0.407 e. The van der Waals surface area contributed by atoms with E-state index in [1.807, 2.05) is 31.2 Å². The molecule has 1 aromatic carbocycles. The maximum absolute atomic E-state index is 11.1. The van der Waals surface area contributed by atoms with E-state index in [1.54, 1.807) is 0 Å². The Hall–Kier alpha value is -0.820. The Morgan fingerprint density at radius 1 is 1.47 bits per heavy atom. The van der Waals surface area contributed by atoms with Crippen LogP contribution in [0.1, 0.15) is 25.3 Å². The van der Waals surface area contributed by atoms with Gasteiger partial charge in [0.25, 0.3) is 0 Å². The van der Waals surface area contributed by atoms with Crippen LogP contribution in [0.3, 0.4) is 0 Å². The zero-order valence-corrected chi connectivity index (χ0v) is 12.1. The van der Waals surface area contributed by atoms with Crippen LogP contribution in [0.4, 0.5) is 4.79 Å². The molecule has 17 heavy (non-hydrogen) atoms. The number of rotatable bonds is 5. The molecule has 0 aliphatic rings. The maximum atomic E-state index is 11.1. The van der Waals surface area contributed by atoms with E-state index in [2.05, 4.69) is 22.6 Å². The Labute approximate surface area is 115 Å². The molecule has 0 bridgehead atoms. The normalized spacial score (nSPS) is 14.1. The number of amides is 1. The van der Waals surface area contributed by atoms with Gasteiger partial charge in [0.15, 0.2) is 0 Å². The van der Waals surface area contributed by atoms with Gasteiger partial charge in [-0.2, -0.15) is 0 Å². The molecule has 4 nitrogen and oxygen atoms in total. The van der Waals surface area contributed by atoms with Gasteiger partial charge in [0.2, 0.25) is 5.79 Å². The van der Waals surface area contributed by atoms with Crippen LogP contribution in [0.2, 0.25) is 0 Å². The molecule has 0 aromatic heterocycles. The van der Waals surface area contributed by atoms with E-state index in [9.17, 15) is 4.79 Å². The van der Waals surface area contributed by atoms with Crippen molar-refractivity contribution in [1.29, 1.82) is 0 Å². The summed E-state index contributed by atoms with van der Waals surface area (Å²) in [6.07, 6.45) is 0.540. The summed E-state index contributed by atoms with van der Waals surface area (Å²) in [5, 5.41) is 0. The minimum absolute atomic E-state index is 0.562. The maximum Gasteiger partial charge on any atom is 0.407 e. The van der Waals surface area contributed by atoms with Gasteiger partial charge in [-0.3, -0.25) is 0 Å². The fourth-order valence-electron chi connectivity index (χ4n) is 1.76. The van der Waals surface area contributed by atoms with Gasteiger partial charge >= 0.3 is 6.09 Å². The first kappa shape index (κ1) is 14.2. The van der Waals surface area contributed by atoms with Crippen LogP contribution in [0.25, 0.3) is 0 Å². The van der Waals surface area contributed by atoms with E-state index < -0.39 is 11.9 Å². The van der Waals surface area contributed by atoms with E-state index in [-0.39, 0.29) is 0 Å². The lowest BCUT2D eigenvalue weighted by atomic mass is 10.0. The number of ether oxygens (including phenoxy) is 2. The van der Waals surface area contributed by atoms with Gasteiger partial charge in [-0.1, -0.05) is 25.1 Å². The summed E-state index contributed by atoms with van der Waals surface area (Å²) in [6.45, 7) is 1.99. The van der Waals surface area contributed by atoms with Gasteiger partial charge < -0.3 is 15.2 Å². The minimum Gasteiger partial charge on any atom is -0.413 e. The quantitative estimate of drug-likeness (QED) is 0.657. The molecule has 0 saturated carbocycles. The second kappa shape index (κ2) is 6.20. The SMILES string of the molecule is CCC[C@@](OC)(OC(N)=O)c1ccccc1I. The Bertz CT molecular complexity index is 397. The molecule has 1 atom stereocenters. The van der Waals surface area contributed by atoms with Crippen LogP contribution in [0.15, 0.2) is 24.3 Å². The third-order valence-electron chi connectivity index (χ3n) is 2.46. The number of carbonyl (C=O) groups is 1. The van der Waals surface area contributed by atoms with Gasteiger partial charge in [0, 0.05) is 22.7 Å². The van der Waals surface area contributed by atoms with Gasteiger partial charge in [-0.25, -0.2) is 4.79 Å². The molecule has 5 heteroatoms. The Morgan fingerprint density at radius 3 is 2.59 bits per heavy atom. The molecule has 0 fully saturated rings. The van der Waals surface area contributed by atoms with Crippen LogP contribution in [-0.2, 0) is 15.3 Å². The monoisotopic (exact) mass is 349 g/mol. The van der Waals surface area contributed by atoms with E-state index >= 15 is 0 Å². The van der Waals surface area contributed by atoms with Crippen LogP contribution in [0.5, 0.6) is 0 Å². The number of carbonyl (C=O) groups excluding carboxylic acids is 1. The third-order valence-corrected chi connectivity index (χ3v) is 3.40. The molecule has 1 rings (SSSR count). The molecule has 0 saturated heterocycles. The molecule has 94 valence electrons. The van der Waals surface area contributed by atoms with E-state index in [4.69, 9.17) is 15.2 Å². The van der Waals surface area contributed by atoms with Crippen molar-refractivity contribution in [3.63, 3.8) is 0 Å². The average molecular weight is 349 g/mol. The highest BCUT2D eigenvalue weighted by molar-refractivity contribution is 14.1. The molecule has 0 aliphatic heterocycles. The minimum atomic E-state index is -1.08.